The highest BCUT2D eigenvalue weighted by molar-refractivity contribution is 6.84. The molecule has 0 bridgehead atoms. The Morgan fingerprint density at radius 1 is 0.636 bits per heavy atom. The smallest absolute Gasteiger partial charge is 0.191 e. The van der Waals surface area contributed by atoms with Gasteiger partial charge in [-0.2, -0.15) is 0 Å². The molecule has 3 fully saturated rings. The number of aliphatic imine (C=N–C) groups is 3. The molecule has 55 heavy (non-hydrogen) atoms. The Hall–Kier alpha value is -1.52. The maximum absolute atomic E-state index is 7.18. The zero-order valence-electron chi connectivity index (χ0n) is 36.6. The lowest BCUT2D eigenvalue weighted by Gasteiger charge is -2.43. The predicted octanol–water partition coefficient (Wildman–Crippen LogP) is 7.21. The van der Waals surface area contributed by atoms with Gasteiger partial charge in [-0.3, -0.25) is 24.7 Å². The third-order valence-electron chi connectivity index (χ3n) is 12.7. The van der Waals surface area contributed by atoms with Crippen LogP contribution in [0.4, 0.5) is 0 Å². The minimum absolute atomic E-state index is 0.498. The molecule has 3 heterocycles. The molecule has 0 aromatic carbocycles. The van der Waals surface area contributed by atoms with Crippen molar-refractivity contribution < 1.29 is 4.12 Å². The Morgan fingerprint density at radius 3 is 1.65 bits per heavy atom. The Labute approximate surface area is 339 Å². The summed E-state index contributed by atoms with van der Waals surface area (Å²) < 4.78 is 7.18. The van der Waals surface area contributed by atoms with Crippen LogP contribution >= 0.6 is 0 Å². The molecular formula is C42H84N10OSi2. The van der Waals surface area contributed by atoms with E-state index in [0.29, 0.717) is 12.1 Å². The number of nitrogens with one attached hydrogen (secondary N) is 2. The van der Waals surface area contributed by atoms with Gasteiger partial charge in [0.2, 0.25) is 0 Å². The number of guanidine groups is 1. The van der Waals surface area contributed by atoms with E-state index in [1.807, 2.05) is 0 Å². The van der Waals surface area contributed by atoms with E-state index in [2.05, 4.69) is 75.2 Å². The van der Waals surface area contributed by atoms with Crippen LogP contribution in [-0.2, 0) is 4.12 Å². The zero-order valence-corrected chi connectivity index (χ0v) is 38.6. The first kappa shape index (κ1) is 44.6. The molecule has 0 unspecified atom stereocenters. The molecule has 0 spiro atoms. The molecule has 13 heteroatoms. The molecule has 0 atom stereocenters. The normalized spacial score (nSPS) is 22.5. The fourth-order valence-corrected chi connectivity index (χ4v) is 18.6. The lowest BCUT2D eigenvalue weighted by molar-refractivity contribution is -0.0309. The molecule has 0 amide bonds. The summed E-state index contributed by atoms with van der Waals surface area (Å²) in [4.78, 5) is 27.8. The van der Waals surface area contributed by atoms with E-state index in [1.165, 1.54) is 133 Å². The standard InChI is InChI=1S/C42H84N10OSi2/c1-38-43-23-13-29-51(38)31-16-26-48-35-49(27-17-32-52-30-14-24-44-39(52)2)37-50(36-48)28-18-34-55(5,6)53-54(3,4)33-15-25-45-42(46-40-19-9-7-10-20-40)47-41-21-11-8-12-22-41/h40-41H,7-37H2,1-6H3,(H2,45,46,47). The fraction of sp³-hybridized carbons (Fsp3) is 0.929. The van der Waals surface area contributed by atoms with Crippen molar-refractivity contribution in [2.75, 3.05) is 85.5 Å². The first-order chi connectivity index (χ1) is 26.5. The van der Waals surface area contributed by atoms with Crippen LogP contribution in [0.15, 0.2) is 15.0 Å². The number of nitrogens with zero attached hydrogens (tertiary/aromatic N) is 8. The zero-order chi connectivity index (χ0) is 38.9. The van der Waals surface area contributed by atoms with Gasteiger partial charge in [-0.15, -0.1) is 0 Å². The van der Waals surface area contributed by atoms with Crippen molar-refractivity contribution in [2.45, 2.75) is 167 Å². The second kappa shape index (κ2) is 23.2. The van der Waals surface area contributed by atoms with Gasteiger partial charge in [-0.05, 0) is 116 Å². The summed E-state index contributed by atoms with van der Waals surface area (Å²) in [7, 11) is -3.54. The number of hydrogen-bond acceptors (Lipinski definition) is 9. The Kier molecular flexibility index (Phi) is 18.8. The average molecular weight is 801 g/mol. The fourth-order valence-electron chi connectivity index (χ4n) is 9.72. The van der Waals surface area contributed by atoms with Crippen LogP contribution in [0, 0.1) is 0 Å². The third kappa shape index (κ3) is 16.7. The van der Waals surface area contributed by atoms with E-state index < -0.39 is 16.6 Å². The lowest BCUT2D eigenvalue weighted by atomic mass is 9.95. The van der Waals surface area contributed by atoms with Crippen LogP contribution in [0.3, 0.4) is 0 Å². The number of rotatable bonds is 20. The van der Waals surface area contributed by atoms with Gasteiger partial charge in [-0.25, -0.2) is 4.99 Å². The van der Waals surface area contributed by atoms with E-state index in [4.69, 9.17) is 19.1 Å². The van der Waals surface area contributed by atoms with Gasteiger partial charge in [0.25, 0.3) is 0 Å². The Bertz CT molecular complexity index is 1160. The topological polar surface area (TPSA) is 86.6 Å². The Balaban J connectivity index is 1.05. The van der Waals surface area contributed by atoms with E-state index in [9.17, 15) is 0 Å². The highest BCUT2D eigenvalue weighted by atomic mass is 28.4. The molecular weight excluding hydrogens is 717 g/mol. The van der Waals surface area contributed by atoms with Crippen molar-refractivity contribution in [3.05, 3.63) is 0 Å². The van der Waals surface area contributed by atoms with E-state index in [1.54, 1.807) is 0 Å². The van der Waals surface area contributed by atoms with Gasteiger partial charge in [0.1, 0.15) is 0 Å². The minimum atomic E-state index is -1.77. The molecule has 5 aliphatic rings. The second-order valence-corrected chi connectivity index (χ2v) is 27.7. The number of amidine groups is 2. The molecule has 3 aliphatic heterocycles. The van der Waals surface area contributed by atoms with E-state index in [0.717, 1.165) is 84.7 Å². The quantitative estimate of drug-likeness (QED) is 0.0579. The molecule has 0 aromatic rings. The summed E-state index contributed by atoms with van der Waals surface area (Å²) in [5.41, 5.74) is 0. The minimum Gasteiger partial charge on any atom is -0.455 e. The second-order valence-electron chi connectivity index (χ2n) is 18.9. The molecule has 2 saturated carbocycles. The summed E-state index contributed by atoms with van der Waals surface area (Å²) in [5.74, 6) is 3.55. The van der Waals surface area contributed by atoms with Crippen LogP contribution in [0.2, 0.25) is 38.3 Å². The summed E-state index contributed by atoms with van der Waals surface area (Å²) >= 11 is 0. The van der Waals surface area contributed by atoms with Crippen LogP contribution in [0.5, 0.6) is 0 Å². The van der Waals surface area contributed by atoms with Crippen LogP contribution < -0.4 is 10.6 Å². The maximum atomic E-state index is 7.18. The van der Waals surface area contributed by atoms with Crippen molar-refractivity contribution >= 4 is 34.3 Å². The molecule has 2 N–H and O–H groups in total. The first-order valence-corrected chi connectivity index (χ1v) is 29.2. The van der Waals surface area contributed by atoms with Crippen molar-refractivity contribution in [1.82, 2.24) is 35.1 Å². The summed E-state index contributed by atoms with van der Waals surface area (Å²) in [6, 6.07) is 3.54. The van der Waals surface area contributed by atoms with Crippen molar-refractivity contribution in [3.8, 4) is 0 Å². The van der Waals surface area contributed by atoms with E-state index in [-0.39, 0.29) is 0 Å². The molecule has 316 valence electrons. The lowest BCUT2D eigenvalue weighted by Crippen LogP contribution is -2.56. The highest BCUT2D eigenvalue weighted by Crippen LogP contribution is 2.25. The van der Waals surface area contributed by atoms with Gasteiger partial charge >= 0.3 is 0 Å². The number of hydrogen-bond donors (Lipinski definition) is 2. The molecule has 5 rings (SSSR count). The van der Waals surface area contributed by atoms with Crippen molar-refractivity contribution in [2.24, 2.45) is 15.0 Å². The third-order valence-corrected chi connectivity index (χ3v) is 20.2. The predicted molar refractivity (Wildman–Crippen MR) is 240 cm³/mol. The molecule has 1 saturated heterocycles. The van der Waals surface area contributed by atoms with Crippen molar-refractivity contribution in [1.29, 1.82) is 0 Å². The summed E-state index contributed by atoms with van der Waals surface area (Å²) in [6.07, 6.45) is 20.4. The van der Waals surface area contributed by atoms with Crippen LogP contribution in [0.1, 0.15) is 117 Å². The van der Waals surface area contributed by atoms with Crippen LogP contribution in [-0.4, -0.2) is 156 Å². The largest absolute Gasteiger partial charge is 0.455 e. The van der Waals surface area contributed by atoms with Gasteiger partial charge in [0, 0.05) is 71.5 Å². The molecule has 0 radical (unpaired) electrons. The van der Waals surface area contributed by atoms with Crippen LogP contribution in [0.25, 0.3) is 0 Å². The monoisotopic (exact) mass is 801 g/mol. The Morgan fingerprint density at radius 2 is 1.13 bits per heavy atom. The van der Waals surface area contributed by atoms with Gasteiger partial charge in [0.05, 0.1) is 37.7 Å². The molecule has 2 aliphatic carbocycles. The summed E-state index contributed by atoms with van der Waals surface area (Å²) in [5, 5.41) is 7.63. The highest BCUT2D eigenvalue weighted by Gasteiger charge is 2.33. The summed E-state index contributed by atoms with van der Waals surface area (Å²) in [6.45, 7) is 28.5. The average Bonchev–Trinajstić information content (AvgIpc) is 3.15. The maximum Gasteiger partial charge on any atom is 0.191 e. The van der Waals surface area contributed by atoms with E-state index >= 15 is 0 Å². The van der Waals surface area contributed by atoms with Crippen molar-refractivity contribution in [3.63, 3.8) is 0 Å². The molecule has 0 aromatic heterocycles. The molecule has 11 nitrogen and oxygen atoms in total. The van der Waals surface area contributed by atoms with Gasteiger partial charge in [0.15, 0.2) is 22.6 Å². The SMILES string of the molecule is CC1=NCCCN1CCCN1CN(CCCN2CCCN=C2C)CN(CCC[Si](C)(C)O[Si](C)(C)CCCNC(=NC2CCCCC2)NC2CCCCC2)C1. The van der Waals surface area contributed by atoms with Gasteiger partial charge < -0.3 is 24.5 Å². The first-order valence-electron chi connectivity index (χ1n) is 23.0. The van der Waals surface area contributed by atoms with Gasteiger partial charge in [-0.1, -0.05) is 38.5 Å².